The third-order valence-electron chi connectivity index (χ3n) is 2.76. The summed E-state index contributed by atoms with van der Waals surface area (Å²) >= 11 is 0. The lowest BCUT2D eigenvalue weighted by Crippen LogP contribution is -2.16. The predicted octanol–water partition coefficient (Wildman–Crippen LogP) is 1.78. The van der Waals surface area contributed by atoms with Crippen molar-refractivity contribution >= 4 is 0 Å². The van der Waals surface area contributed by atoms with Crippen molar-refractivity contribution in [1.82, 2.24) is 0 Å². The normalized spacial score (nSPS) is 12.5. The predicted molar refractivity (Wildman–Crippen MR) is 65.7 cm³/mol. The number of aryl methyl sites for hydroxylation is 1. The second kappa shape index (κ2) is 6.51. The molecule has 0 saturated heterocycles. The van der Waals surface area contributed by atoms with Gasteiger partial charge in [-0.05, 0) is 44.0 Å². The maximum atomic E-state index is 9.49. The van der Waals surface area contributed by atoms with Gasteiger partial charge in [0.25, 0.3) is 0 Å². The molecule has 1 aromatic carbocycles. The van der Waals surface area contributed by atoms with E-state index in [1.54, 1.807) is 0 Å². The van der Waals surface area contributed by atoms with Gasteiger partial charge >= 0.3 is 0 Å². The summed E-state index contributed by atoms with van der Waals surface area (Å²) in [4.78, 5) is 0. The lowest BCUT2D eigenvalue weighted by Gasteiger charge is -2.13. The fraction of sp³-hybridized carbons (Fsp3) is 0.538. The Labute approximate surface area is 97.2 Å². The Morgan fingerprint density at radius 3 is 2.75 bits per heavy atom. The van der Waals surface area contributed by atoms with E-state index in [-0.39, 0.29) is 6.10 Å². The zero-order valence-corrected chi connectivity index (χ0v) is 10.1. The van der Waals surface area contributed by atoms with Gasteiger partial charge in [0, 0.05) is 6.42 Å². The van der Waals surface area contributed by atoms with Crippen LogP contribution in [0.1, 0.15) is 24.0 Å². The number of aliphatic hydroxyl groups is 1. The SMILES string of the molecule is Cc1cccc(OCCC(O)CCN)c1C. The monoisotopic (exact) mass is 223 g/mol. The molecule has 0 aliphatic carbocycles. The number of hydrogen-bond acceptors (Lipinski definition) is 3. The van der Waals surface area contributed by atoms with Crippen molar-refractivity contribution in [3.05, 3.63) is 29.3 Å². The molecule has 0 aromatic heterocycles. The summed E-state index contributed by atoms with van der Waals surface area (Å²) < 4.78 is 5.63. The van der Waals surface area contributed by atoms with Crippen LogP contribution in [0.2, 0.25) is 0 Å². The van der Waals surface area contributed by atoms with Crippen LogP contribution in [0.3, 0.4) is 0 Å². The van der Waals surface area contributed by atoms with Crippen molar-refractivity contribution in [2.75, 3.05) is 13.2 Å². The fourth-order valence-corrected chi connectivity index (χ4v) is 1.52. The molecule has 1 aromatic rings. The van der Waals surface area contributed by atoms with Crippen LogP contribution in [0.5, 0.6) is 5.75 Å². The van der Waals surface area contributed by atoms with Gasteiger partial charge < -0.3 is 15.6 Å². The average molecular weight is 223 g/mol. The van der Waals surface area contributed by atoms with Crippen LogP contribution in [0.15, 0.2) is 18.2 Å². The lowest BCUT2D eigenvalue weighted by molar-refractivity contribution is 0.133. The lowest BCUT2D eigenvalue weighted by atomic mass is 10.1. The van der Waals surface area contributed by atoms with Gasteiger partial charge in [0.2, 0.25) is 0 Å². The van der Waals surface area contributed by atoms with Gasteiger partial charge in [-0.1, -0.05) is 12.1 Å². The molecule has 3 N–H and O–H groups in total. The van der Waals surface area contributed by atoms with E-state index < -0.39 is 0 Å². The minimum atomic E-state index is -0.352. The zero-order valence-electron chi connectivity index (χ0n) is 10.1. The molecule has 0 fully saturated rings. The maximum absolute atomic E-state index is 9.49. The van der Waals surface area contributed by atoms with Crippen LogP contribution < -0.4 is 10.5 Å². The summed E-state index contributed by atoms with van der Waals surface area (Å²) in [5.74, 6) is 0.903. The van der Waals surface area contributed by atoms with Crippen molar-refractivity contribution in [2.24, 2.45) is 5.73 Å². The molecule has 0 bridgehead atoms. The Morgan fingerprint density at radius 1 is 1.31 bits per heavy atom. The molecule has 3 heteroatoms. The van der Waals surface area contributed by atoms with Gasteiger partial charge in [-0.15, -0.1) is 0 Å². The Bertz CT molecular complexity index is 326. The second-order valence-corrected chi connectivity index (χ2v) is 4.07. The van der Waals surface area contributed by atoms with Crippen molar-refractivity contribution in [1.29, 1.82) is 0 Å². The summed E-state index contributed by atoms with van der Waals surface area (Å²) in [5, 5.41) is 9.49. The molecule has 1 unspecified atom stereocenters. The highest BCUT2D eigenvalue weighted by atomic mass is 16.5. The molecule has 0 radical (unpaired) electrons. The molecule has 90 valence electrons. The molecule has 3 nitrogen and oxygen atoms in total. The van der Waals surface area contributed by atoms with Gasteiger partial charge in [-0.25, -0.2) is 0 Å². The van der Waals surface area contributed by atoms with Gasteiger partial charge in [-0.3, -0.25) is 0 Å². The van der Waals surface area contributed by atoms with E-state index in [2.05, 4.69) is 13.0 Å². The number of hydrogen-bond donors (Lipinski definition) is 2. The molecular formula is C13H21NO2. The van der Waals surface area contributed by atoms with E-state index in [0.717, 1.165) is 11.3 Å². The molecule has 0 saturated carbocycles. The highest BCUT2D eigenvalue weighted by Gasteiger charge is 2.05. The molecule has 1 rings (SSSR count). The number of ether oxygens (including phenoxy) is 1. The first-order valence-corrected chi connectivity index (χ1v) is 5.72. The number of aliphatic hydroxyl groups excluding tert-OH is 1. The minimum absolute atomic E-state index is 0.352. The van der Waals surface area contributed by atoms with E-state index in [9.17, 15) is 5.11 Å². The Kier molecular flexibility index (Phi) is 5.29. The molecular weight excluding hydrogens is 202 g/mol. The van der Waals surface area contributed by atoms with Gasteiger partial charge in [0.1, 0.15) is 5.75 Å². The molecule has 0 heterocycles. The summed E-state index contributed by atoms with van der Waals surface area (Å²) in [6, 6.07) is 6.00. The quantitative estimate of drug-likeness (QED) is 0.773. The number of rotatable bonds is 6. The van der Waals surface area contributed by atoms with Crippen LogP contribution in [0, 0.1) is 13.8 Å². The van der Waals surface area contributed by atoms with Crippen LogP contribution in [0.25, 0.3) is 0 Å². The highest BCUT2D eigenvalue weighted by molar-refractivity contribution is 5.38. The van der Waals surface area contributed by atoms with Crippen molar-refractivity contribution in [3.8, 4) is 5.75 Å². The minimum Gasteiger partial charge on any atom is -0.493 e. The van der Waals surface area contributed by atoms with Gasteiger partial charge in [0.15, 0.2) is 0 Å². The molecule has 0 spiro atoms. The number of benzene rings is 1. The smallest absolute Gasteiger partial charge is 0.122 e. The van der Waals surface area contributed by atoms with E-state index >= 15 is 0 Å². The van der Waals surface area contributed by atoms with Crippen LogP contribution in [-0.4, -0.2) is 24.4 Å². The molecule has 0 amide bonds. The maximum Gasteiger partial charge on any atom is 0.122 e. The first-order valence-electron chi connectivity index (χ1n) is 5.72. The summed E-state index contributed by atoms with van der Waals surface area (Å²) in [5.41, 5.74) is 7.74. The standard InChI is InChI=1S/C13H21NO2/c1-10-4-3-5-13(11(10)2)16-9-7-12(15)6-8-14/h3-5,12,15H,6-9,14H2,1-2H3. The molecule has 16 heavy (non-hydrogen) atoms. The fourth-order valence-electron chi connectivity index (χ4n) is 1.52. The Hall–Kier alpha value is -1.06. The average Bonchev–Trinajstić information content (AvgIpc) is 2.25. The Morgan fingerprint density at radius 2 is 2.06 bits per heavy atom. The third kappa shape index (κ3) is 3.83. The van der Waals surface area contributed by atoms with Crippen molar-refractivity contribution in [3.63, 3.8) is 0 Å². The van der Waals surface area contributed by atoms with Crippen LogP contribution in [-0.2, 0) is 0 Å². The van der Waals surface area contributed by atoms with E-state index in [0.29, 0.717) is 26.0 Å². The topological polar surface area (TPSA) is 55.5 Å². The molecule has 0 aliphatic rings. The second-order valence-electron chi connectivity index (χ2n) is 4.07. The van der Waals surface area contributed by atoms with Crippen molar-refractivity contribution in [2.45, 2.75) is 32.8 Å². The molecule has 0 aliphatic heterocycles. The van der Waals surface area contributed by atoms with Crippen LogP contribution >= 0.6 is 0 Å². The van der Waals surface area contributed by atoms with Gasteiger partial charge in [0.05, 0.1) is 12.7 Å². The first-order chi connectivity index (χ1) is 7.65. The number of nitrogens with two attached hydrogens (primary N) is 1. The van der Waals surface area contributed by atoms with Crippen LogP contribution in [0.4, 0.5) is 0 Å². The summed E-state index contributed by atoms with van der Waals surface area (Å²) in [6.07, 6.45) is 0.913. The Balaban J connectivity index is 2.40. The summed E-state index contributed by atoms with van der Waals surface area (Å²) in [7, 11) is 0. The molecule has 1 atom stereocenters. The van der Waals surface area contributed by atoms with E-state index in [1.165, 1.54) is 5.56 Å². The highest BCUT2D eigenvalue weighted by Crippen LogP contribution is 2.20. The van der Waals surface area contributed by atoms with Gasteiger partial charge in [-0.2, -0.15) is 0 Å². The third-order valence-corrected chi connectivity index (χ3v) is 2.76. The van der Waals surface area contributed by atoms with E-state index in [1.807, 2.05) is 19.1 Å². The van der Waals surface area contributed by atoms with E-state index in [4.69, 9.17) is 10.5 Å². The largest absolute Gasteiger partial charge is 0.493 e. The zero-order chi connectivity index (χ0) is 12.0. The summed E-state index contributed by atoms with van der Waals surface area (Å²) in [6.45, 7) is 5.16. The van der Waals surface area contributed by atoms with Crippen molar-refractivity contribution < 1.29 is 9.84 Å². The first kappa shape index (κ1) is 13.0.